The van der Waals surface area contributed by atoms with Gasteiger partial charge in [-0.3, -0.25) is 0 Å². The smallest absolute Gasteiger partial charge is 0.334 e. The molecule has 1 aromatic carbocycles. The Balaban J connectivity index is 2.21. The van der Waals surface area contributed by atoms with Crippen LogP contribution < -0.4 is 10.1 Å². The molecule has 1 atom stereocenters. The largest absolute Gasteiger partial charge is 0.497 e. The molecule has 1 heterocycles. The van der Waals surface area contributed by atoms with Gasteiger partial charge in [-0.2, -0.15) is 0 Å². The molecule has 2 aromatic rings. The molecule has 0 amide bonds. The second-order valence-electron chi connectivity index (χ2n) is 4.72. The van der Waals surface area contributed by atoms with Gasteiger partial charge in [0.15, 0.2) is 6.04 Å². The lowest BCUT2D eigenvalue weighted by Gasteiger charge is -2.17. The van der Waals surface area contributed by atoms with Gasteiger partial charge in [0.1, 0.15) is 5.75 Å². The SMILES string of the molecule is CCOC(=O)C(Nc1ccc(OC)cc1)c1ccc(CC)s1. The van der Waals surface area contributed by atoms with Gasteiger partial charge in [-0.15, -0.1) is 11.3 Å². The van der Waals surface area contributed by atoms with E-state index in [1.807, 2.05) is 37.3 Å². The molecule has 1 aromatic heterocycles. The first kappa shape index (κ1) is 16.4. The van der Waals surface area contributed by atoms with Gasteiger partial charge < -0.3 is 14.8 Å². The van der Waals surface area contributed by atoms with Crippen molar-refractivity contribution in [3.05, 3.63) is 46.2 Å². The summed E-state index contributed by atoms with van der Waals surface area (Å²) >= 11 is 1.63. The van der Waals surface area contributed by atoms with Gasteiger partial charge in [0.2, 0.25) is 0 Å². The second kappa shape index (κ2) is 7.84. The van der Waals surface area contributed by atoms with Crippen LogP contribution in [0.2, 0.25) is 0 Å². The molecule has 5 heteroatoms. The number of rotatable bonds is 7. The summed E-state index contributed by atoms with van der Waals surface area (Å²) in [4.78, 5) is 14.5. The molecule has 1 unspecified atom stereocenters. The highest BCUT2D eigenvalue weighted by molar-refractivity contribution is 7.12. The number of esters is 1. The van der Waals surface area contributed by atoms with Crippen LogP contribution in [-0.2, 0) is 16.0 Å². The van der Waals surface area contributed by atoms with E-state index in [4.69, 9.17) is 9.47 Å². The number of ether oxygens (including phenoxy) is 2. The van der Waals surface area contributed by atoms with Crippen LogP contribution in [-0.4, -0.2) is 19.7 Å². The number of anilines is 1. The summed E-state index contributed by atoms with van der Waals surface area (Å²) in [6.07, 6.45) is 0.961. The van der Waals surface area contributed by atoms with Gasteiger partial charge in [-0.25, -0.2) is 4.79 Å². The Morgan fingerprint density at radius 3 is 2.45 bits per heavy atom. The summed E-state index contributed by atoms with van der Waals surface area (Å²) in [6, 6.07) is 11.0. The number of carbonyl (C=O) groups excluding carboxylic acids is 1. The lowest BCUT2D eigenvalue weighted by molar-refractivity contribution is -0.144. The molecule has 0 aliphatic heterocycles. The van der Waals surface area contributed by atoms with Crippen molar-refractivity contribution < 1.29 is 14.3 Å². The molecular formula is C17H21NO3S. The average Bonchev–Trinajstić information content (AvgIpc) is 3.02. The first-order chi connectivity index (χ1) is 10.7. The minimum Gasteiger partial charge on any atom is -0.497 e. The molecule has 1 N–H and O–H groups in total. The molecule has 0 aliphatic carbocycles. The molecular weight excluding hydrogens is 298 g/mol. The van der Waals surface area contributed by atoms with Crippen LogP contribution in [0, 0.1) is 0 Å². The maximum absolute atomic E-state index is 12.3. The van der Waals surface area contributed by atoms with Gasteiger partial charge >= 0.3 is 5.97 Å². The van der Waals surface area contributed by atoms with Crippen LogP contribution in [0.1, 0.15) is 29.6 Å². The van der Waals surface area contributed by atoms with Gasteiger partial charge in [-0.05, 0) is 49.7 Å². The molecule has 4 nitrogen and oxygen atoms in total. The molecule has 0 saturated carbocycles. The molecule has 0 saturated heterocycles. The first-order valence-electron chi connectivity index (χ1n) is 7.33. The second-order valence-corrected chi connectivity index (χ2v) is 5.92. The summed E-state index contributed by atoms with van der Waals surface area (Å²) < 4.78 is 10.3. The van der Waals surface area contributed by atoms with E-state index in [9.17, 15) is 4.79 Å². The number of thiophene rings is 1. The Hall–Kier alpha value is -2.01. The predicted molar refractivity (Wildman–Crippen MR) is 89.7 cm³/mol. The van der Waals surface area contributed by atoms with Crippen molar-refractivity contribution in [3.63, 3.8) is 0 Å². The van der Waals surface area contributed by atoms with Crippen molar-refractivity contribution in [1.82, 2.24) is 0 Å². The van der Waals surface area contributed by atoms with Crippen LogP contribution in [0.3, 0.4) is 0 Å². The molecule has 0 radical (unpaired) electrons. The maximum atomic E-state index is 12.3. The summed E-state index contributed by atoms with van der Waals surface area (Å²) in [5.74, 6) is 0.519. The molecule has 118 valence electrons. The number of aryl methyl sites for hydroxylation is 1. The van der Waals surface area contributed by atoms with E-state index in [0.29, 0.717) is 6.61 Å². The molecule has 0 spiro atoms. The highest BCUT2D eigenvalue weighted by Gasteiger charge is 2.23. The fourth-order valence-electron chi connectivity index (χ4n) is 2.07. The van der Waals surface area contributed by atoms with Crippen LogP contribution >= 0.6 is 11.3 Å². The third-order valence-electron chi connectivity index (χ3n) is 3.24. The van der Waals surface area contributed by atoms with Gasteiger partial charge in [0, 0.05) is 15.4 Å². The van der Waals surface area contributed by atoms with Crippen LogP contribution in [0.25, 0.3) is 0 Å². The van der Waals surface area contributed by atoms with Gasteiger partial charge in [0.05, 0.1) is 13.7 Å². The van der Waals surface area contributed by atoms with Crippen LogP contribution in [0.5, 0.6) is 5.75 Å². The third kappa shape index (κ3) is 4.01. The van der Waals surface area contributed by atoms with Crippen LogP contribution in [0.4, 0.5) is 5.69 Å². The summed E-state index contributed by atoms with van der Waals surface area (Å²) in [7, 11) is 1.63. The Morgan fingerprint density at radius 1 is 1.18 bits per heavy atom. The third-order valence-corrected chi connectivity index (χ3v) is 4.53. The fraction of sp³-hybridized carbons (Fsp3) is 0.353. The quantitative estimate of drug-likeness (QED) is 0.783. The van der Waals surface area contributed by atoms with E-state index in [1.165, 1.54) is 4.88 Å². The monoisotopic (exact) mass is 319 g/mol. The Labute approximate surface area is 135 Å². The molecule has 0 fully saturated rings. The first-order valence-corrected chi connectivity index (χ1v) is 8.15. The summed E-state index contributed by atoms with van der Waals surface area (Å²) in [5.41, 5.74) is 0.852. The molecule has 0 bridgehead atoms. The maximum Gasteiger partial charge on any atom is 0.334 e. The van der Waals surface area contributed by atoms with Crippen molar-refractivity contribution in [3.8, 4) is 5.75 Å². The van der Waals surface area contributed by atoms with Crippen molar-refractivity contribution in [2.24, 2.45) is 0 Å². The number of carbonyl (C=O) groups is 1. The minimum atomic E-state index is -0.487. The Morgan fingerprint density at radius 2 is 1.91 bits per heavy atom. The van der Waals surface area contributed by atoms with Crippen molar-refractivity contribution in [2.45, 2.75) is 26.3 Å². The lowest BCUT2D eigenvalue weighted by Crippen LogP contribution is -2.22. The van der Waals surface area contributed by atoms with Crippen molar-refractivity contribution >= 4 is 23.0 Å². The highest BCUT2D eigenvalue weighted by Crippen LogP contribution is 2.28. The van der Waals surface area contributed by atoms with E-state index >= 15 is 0 Å². The van der Waals surface area contributed by atoms with Crippen LogP contribution in [0.15, 0.2) is 36.4 Å². The predicted octanol–water partition coefficient (Wildman–Crippen LogP) is 4.04. The highest BCUT2D eigenvalue weighted by atomic mass is 32.1. The van der Waals surface area contributed by atoms with E-state index in [0.717, 1.165) is 22.7 Å². The molecule has 22 heavy (non-hydrogen) atoms. The average molecular weight is 319 g/mol. The van der Waals surface area contributed by atoms with E-state index in [2.05, 4.69) is 18.3 Å². The van der Waals surface area contributed by atoms with Gasteiger partial charge in [0.25, 0.3) is 0 Å². The minimum absolute atomic E-state index is 0.261. The van der Waals surface area contributed by atoms with Crippen molar-refractivity contribution in [1.29, 1.82) is 0 Å². The fourth-order valence-corrected chi connectivity index (χ4v) is 3.06. The number of nitrogens with one attached hydrogen (secondary N) is 1. The lowest BCUT2D eigenvalue weighted by atomic mass is 10.2. The topological polar surface area (TPSA) is 47.6 Å². The van der Waals surface area contributed by atoms with Crippen molar-refractivity contribution in [2.75, 3.05) is 19.0 Å². The zero-order valence-corrected chi connectivity index (χ0v) is 13.9. The van der Waals surface area contributed by atoms with E-state index < -0.39 is 6.04 Å². The molecule has 2 rings (SSSR count). The number of benzene rings is 1. The Bertz CT molecular complexity index is 607. The van der Waals surface area contributed by atoms with E-state index in [-0.39, 0.29) is 5.97 Å². The molecule has 0 aliphatic rings. The zero-order valence-electron chi connectivity index (χ0n) is 13.1. The standard InChI is InChI=1S/C17H21NO3S/c1-4-14-10-11-15(22-14)16(17(19)21-5-2)18-12-6-8-13(20-3)9-7-12/h6-11,16,18H,4-5H2,1-3H3. The van der Waals surface area contributed by atoms with Gasteiger partial charge in [-0.1, -0.05) is 6.92 Å². The van der Waals surface area contributed by atoms with E-state index in [1.54, 1.807) is 18.4 Å². The summed E-state index contributed by atoms with van der Waals surface area (Å²) in [6.45, 7) is 4.28. The number of hydrogen-bond donors (Lipinski definition) is 1. The summed E-state index contributed by atoms with van der Waals surface area (Å²) in [5, 5.41) is 3.25. The number of hydrogen-bond acceptors (Lipinski definition) is 5. The Kier molecular flexibility index (Phi) is 5.83. The normalized spacial score (nSPS) is 11.8. The zero-order chi connectivity index (χ0) is 15.9. The number of methoxy groups -OCH3 is 1.